The minimum atomic E-state index is -0.350. The van der Waals surface area contributed by atoms with Gasteiger partial charge >= 0.3 is 0 Å². The van der Waals surface area contributed by atoms with E-state index in [1.54, 1.807) is 0 Å². The summed E-state index contributed by atoms with van der Waals surface area (Å²) in [5, 5.41) is 0. The monoisotopic (exact) mass is 334 g/mol. The Hall–Kier alpha value is 1.21. The first-order valence-electron chi connectivity index (χ1n) is 4.60. The SMILES string of the molecule is CC[N+](C)(CC)CC(Br)C(C)(Cl)Br. The molecule has 0 N–H and O–H groups in total. The number of alkyl halides is 3. The highest BCUT2D eigenvalue weighted by Gasteiger charge is 2.33. The zero-order chi connectivity index (χ0) is 10.7. The van der Waals surface area contributed by atoms with Crippen molar-refractivity contribution in [3.8, 4) is 0 Å². The normalized spacial score (nSPS) is 19.6. The molecular formula is C9H19Br2ClN+. The summed E-state index contributed by atoms with van der Waals surface area (Å²) < 4.78 is 0.695. The van der Waals surface area contributed by atoms with Crippen molar-refractivity contribution in [2.45, 2.75) is 29.4 Å². The summed E-state index contributed by atoms with van der Waals surface area (Å²) in [6, 6.07) is 0. The Morgan fingerprint density at radius 1 is 1.38 bits per heavy atom. The molecule has 0 rings (SSSR count). The van der Waals surface area contributed by atoms with E-state index in [2.05, 4.69) is 52.8 Å². The molecule has 0 fully saturated rings. The van der Waals surface area contributed by atoms with Gasteiger partial charge in [0.25, 0.3) is 0 Å². The topological polar surface area (TPSA) is 0 Å². The van der Waals surface area contributed by atoms with Crippen LogP contribution in [0, 0.1) is 0 Å². The molecule has 0 aliphatic heterocycles. The summed E-state index contributed by atoms with van der Waals surface area (Å²) in [4.78, 5) is 0.284. The quantitative estimate of drug-likeness (QED) is 0.532. The van der Waals surface area contributed by atoms with Crippen molar-refractivity contribution < 1.29 is 4.48 Å². The first-order chi connectivity index (χ1) is 5.75. The maximum absolute atomic E-state index is 6.16. The Balaban J connectivity index is 4.25. The van der Waals surface area contributed by atoms with Crippen LogP contribution in [0.5, 0.6) is 0 Å². The Kier molecular flexibility index (Phi) is 5.83. The van der Waals surface area contributed by atoms with E-state index in [-0.39, 0.29) is 8.61 Å². The van der Waals surface area contributed by atoms with Crippen LogP contribution in [0.15, 0.2) is 0 Å². The predicted octanol–water partition coefficient (Wildman–Crippen LogP) is 3.59. The summed E-state index contributed by atoms with van der Waals surface area (Å²) in [5.74, 6) is 0. The van der Waals surface area contributed by atoms with Crippen LogP contribution in [0.3, 0.4) is 0 Å². The minimum Gasteiger partial charge on any atom is -0.325 e. The number of hydrogen-bond donors (Lipinski definition) is 0. The van der Waals surface area contributed by atoms with E-state index in [9.17, 15) is 0 Å². The second-order valence-corrected chi connectivity index (χ2v) is 7.85. The van der Waals surface area contributed by atoms with Crippen molar-refractivity contribution in [1.29, 1.82) is 0 Å². The number of nitrogens with zero attached hydrogens (tertiary/aromatic N) is 1. The second kappa shape index (κ2) is 5.34. The van der Waals surface area contributed by atoms with Crippen molar-refractivity contribution in [3.63, 3.8) is 0 Å². The smallest absolute Gasteiger partial charge is 0.114 e. The zero-order valence-corrected chi connectivity index (χ0v) is 12.7. The third kappa shape index (κ3) is 5.01. The van der Waals surface area contributed by atoms with E-state index < -0.39 is 0 Å². The van der Waals surface area contributed by atoms with Crippen LogP contribution >= 0.6 is 43.5 Å². The van der Waals surface area contributed by atoms with Crippen LogP contribution in [0.4, 0.5) is 0 Å². The van der Waals surface area contributed by atoms with Gasteiger partial charge in [-0.15, -0.1) is 11.6 Å². The molecular weight excluding hydrogens is 317 g/mol. The third-order valence-electron chi connectivity index (χ3n) is 2.68. The van der Waals surface area contributed by atoms with Gasteiger partial charge in [-0.25, -0.2) is 0 Å². The van der Waals surface area contributed by atoms with Gasteiger partial charge in [0.15, 0.2) is 0 Å². The lowest BCUT2D eigenvalue weighted by molar-refractivity contribution is -0.905. The number of halogens is 3. The number of quaternary nitrogens is 1. The lowest BCUT2D eigenvalue weighted by atomic mass is 10.2. The molecule has 2 atom stereocenters. The van der Waals surface area contributed by atoms with Crippen molar-refractivity contribution in [1.82, 2.24) is 0 Å². The van der Waals surface area contributed by atoms with Crippen molar-refractivity contribution in [3.05, 3.63) is 0 Å². The molecule has 1 nitrogen and oxygen atoms in total. The second-order valence-electron chi connectivity index (χ2n) is 3.86. The van der Waals surface area contributed by atoms with Gasteiger partial charge in [-0.3, -0.25) is 0 Å². The molecule has 0 aromatic rings. The molecule has 4 heteroatoms. The lowest BCUT2D eigenvalue weighted by Gasteiger charge is -2.36. The summed E-state index contributed by atoms with van der Waals surface area (Å²) >= 11 is 13.2. The summed E-state index contributed by atoms with van der Waals surface area (Å²) in [5.41, 5.74) is 0. The molecule has 0 radical (unpaired) electrons. The number of hydrogen-bond acceptors (Lipinski definition) is 0. The van der Waals surface area contributed by atoms with Crippen LogP contribution in [0.25, 0.3) is 0 Å². The van der Waals surface area contributed by atoms with Gasteiger partial charge in [-0.05, 0) is 20.8 Å². The Morgan fingerprint density at radius 3 is 2.00 bits per heavy atom. The standard InChI is InChI=1S/C9H19Br2ClN/c1-5-13(4,6-2)7-8(10)9(3,11)12/h8H,5-7H2,1-4H3/q+1. The molecule has 0 aromatic heterocycles. The van der Waals surface area contributed by atoms with E-state index in [1.807, 2.05) is 6.92 Å². The molecule has 13 heavy (non-hydrogen) atoms. The van der Waals surface area contributed by atoms with Crippen molar-refractivity contribution in [2.24, 2.45) is 0 Å². The Morgan fingerprint density at radius 2 is 1.77 bits per heavy atom. The minimum absolute atomic E-state index is 0.284. The van der Waals surface area contributed by atoms with Gasteiger partial charge < -0.3 is 4.48 Å². The fourth-order valence-corrected chi connectivity index (χ4v) is 1.94. The first kappa shape index (κ1) is 14.2. The van der Waals surface area contributed by atoms with E-state index in [0.29, 0.717) is 0 Å². The molecule has 0 spiro atoms. The van der Waals surface area contributed by atoms with E-state index in [0.717, 1.165) is 24.1 Å². The fraction of sp³-hybridized carbons (Fsp3) is 1.00. The first-order valence-corrected chi connectivity index (χ1v) is 6.69. The Labute approximate surface area is 104 Å². The van der Waals surface area contributed by atoms with Crippen molar-refractivity contribution in [2.75, 3.05) is 26.7 Å². The van der Waals surface area contributed by atoms with Gasteiger partial charge in [0.05, 0.1) is 31.5 Å². The maximum atomic E-state index is 6.16. The van der Waals surface area contributed by atoms with Crippen LogP contribution in [-0.4, -0.2) is 39.8 Å². The highest BCUT2D eigenvalue weighted by atomic mass is 79.9. The average molecular weight is 337 g/mol. The molecule has 0 heterocycles. The van der Waals surface area contributed by atoms with Gasteiger partial charge in [0.2, 0.25) is 0 Å². The summed E-state index contributed by atoms with van der Waals surface area (Å²) in [7, 11) is 2.25. The van der Waals surface area contributed by atoms with E-state index in [1.165, 1.54) is 0 Å². The van der Waals surface area contributed by atoms with Crippen LogP contribution in [0.2, 0.25) is 0 Å². The molecule has 0 aromatic carbocycles. The van der Waals surface area contributed by atoms with E-state index in [4.69, 9.17) is 11.6 Å². The summed E-state index contributed by atoms with van der Waals surface area (Å²) in [6.45, 7) is 9.71. The molecule has 2 unspecified atom stereocenters. The van der Waals surface area contributed by atoms with Crippen LogP contribution in [0.1, 0.15) is 20.8 Å². The lowest BCUT2D eigenvalue weighted by Crippen LogP contribution is -2.50. The van der Waals surface area contributed by atoms with Crippen LogP contribution < -0.4 is 0 Å². The maximum Gasteiger partial charge on any atom is 0.114 e. The van der Waals surface area contributed by atoms with Gasteiger partial charge in [-0.1, -0.05) is 31.9 Å². The molecule has 0 saturated heterocycles. The Bertz CT molecular complexity index is 152. The van der Waals surface area contributed by atoms with Crippen molar-refractivity contribution >= 4 is 43.5 Å². The third-order valence-corrected chi connectivity index (χ3v) is 5.58. The largest absolute Gasteiger partial charge is 0.325 e. The molecule has 80 valence electrons. The molecule has 0 saturated carbocycles. The summed E-state index contributed by atoms with van der Waals surface area (Å²) in [6.07, 6.45) is 0. The van der Waals surface area contributed by atoms with Gasteiger partial charge in [0.1, 0.15) is 3.78 Å². The molecule has 0 bridgehead atoms. The van der Waals surface area contributed by atoms with E-state index >= 15 is 0 Å². The zero-order valence-electron chi connectivity index (χ0n) is 8.78. The highest BCUT2D eigenvalue weighted by Crippen LogP contribution is 2.33. The predicted molar refractivity (Wildman–Crippen MR) is 68.0 cm³/mol. The van der Waals surface area contributed by atoms with Crippen LogP contribution in [-0.2, 0) is 0 Å². The molecule has 0 aliphatic carbocycles. The highest BCUT2D eigenvalue weighted by molar-refractivity contribution is 9.13. The number of rotatable bonds is 5. The van der Waals surface area contributed by atoms with Gasteiger partial charge in [0, 0.05) is 0 Å². The average Bonchev–Trinajstić information content (AvgIpc) is 2.02. The fourth-order valence-electron chi connectivity index (χ4n) is 1.03. The van der Waals surface area contributed by atoms with Gasteiger partial charge in [-0.2, -0.15) is 0 Å². The molecule has 0 amide bonds. The molecule has 0 aliphatic rings.